The number of alkyl halides is 3. The van der Waals surface area contributed by atoms with Crippen molar-refractivity contribution in [2.24, 2.45) is 0 Å². The Balaban J connectivity index is 1.49. The van der Waals surface area contributed by atoms with Crippen LogP contribution in [-0.4, -0.2) is 43.1 Å². The fourth-order valence-electron chi connectivity index (χ4n) is 4.62. The number of amides is 1. The molecule has 0 spiro atoms. The minimum atomic E-state index is -4.70. The number of halogens is 5. The van der Waals surface area contributed by atoms with E-state index >= 15 is 0 Å². The van der Waals surface area contributed by atoms with Gasteiger partial charge >= 0.3 is 6.18 Å². The summed E-state index contributed by atoms with van der Waals surface area (Å²) in [5.74, 6) is -2.39. The third-order valence-electron chi connectivity index (χ3n) is 6.96. The van der Waals surface area contributed by atoms with Gasteiger partial charge in [-0.2, -0.15) is 21.6 Å². The molecular formula is C32H31F5N4O4S. The number of pyridine rings is 1. The Morgan fingerprint density at radius 2 is 1.61 bits per heavy atom. The lowest BCUT2D eigenvalue weighted by atomic mass is 10.00. The quantitative estimate of drug-likeness (QED) is 0.146. The van der Waals surface area contributed by atoms with Crippen LogP contribution in [0.1, 0.15) is 39.5 Å². The van der Waals surface area contributed by atoms with Gasteiger partial charge in [-0.15, -0.1) is 0 Å². The van der Waals surface area contributed by atoms with E-state index in [1.54, 1.807) is 0 Å². The van der Waals surface area contributed by atoms with Crippen molar-refractivity contribution in [3.63, 3.8) is 0 Å². The molecule has 0 saturated heterocycles. The zero-order chi connectivity index (χ0) is 33.5. The molecule has 46 heavy (non-hydrogen) atoms. The number of rotatable bonds is 13. The number of anilines is 1. The molecule has 2 atom stereocenters. The number of aliphatic hydroxyl groups is 1. The predicted molar refractivity (Wildman–Crippen MR) is 161 cm³/mol. The van der Waals surface area contributed by atoms with Crippen molar-refractivity contribution in [2.75, 3.05) is 11.3 Å². The standard InChI is InChI=1S/C32H31F5N4O4S/c1-2-20-5-3-6-21(11-20)17-38-19-29(42)28(14-22-12-25(33)16-26(34)13-22)40-31(43)23-7-4-8-27(15-23)41-46(44,45)30-10-9-24(18-39-30)32(35,36)37/h3-13,15-16,18,28-29,38,41-42H,2,14,17,19H2,1H3,(H,40,43)/t28-,29-/m0/s1. The second-order valence-corrected chi connectivity index (χ2v) is 12.1. The van der Waals surface area contributed by atoms with E-state index in [0.29, 0.717) is 30.9 Å². The van der Waals surface area contributed by atoms with E-state index in [4.69, 9.17) is 0 Å². The maximum absolute atomic E-state index is 13.9. The van der Waals surface area contributed by atoms with E-state index in [-0.39, 0.29) is 29.8 Å². The van der Waals surface area contributed by atoms with Crippen LogP contribution in [0.15, 0.2) is 90.1 Å². The first kappa shape index (κ1) is 34.5. The number of hydrogen-bond donors (Lipinski definition) is 4. The fraction of sp³-hybridized carbons (Fsp3) is 0.250. The van der Waals surface area contributed by atoms with Crippen molar-refractivity contribution >= 4 is 21.6 Å². The lowest BCUT2D eigenvalue weighted by Gasteiger charge is -2.25. The molecule has 14 heteroatoms. The largest absolute Gasteiger partial charge is 0.417 e. The summed E-state index contributed by atoms with van der Waals surface area (Å²) in [7, 11) is -4.42. The number of carbonyl (C=O) groups is 1. The van der Waals surface area contributed by atoms with E-state index in [1.807, 2.05) is 31.2 Å². The summed E-state index contributed by atoms with van der Waals surface area (Å²) >= 11 is 0. The molecular weight excluding hydrogens is 631 g/mol. The number of benzene rings is 3. The molecule has 1 amide bonds. The van der Waals surface area contributed by atoms with Crippen LogP contribution >= 0.6 is 0 Å². The average molecular weight is 663 g/mol. The number of nitrogens with one attached hydrogen (secondary N) is 3. The van der Waals surface area contributed by atoms with Gasteiger partial charge < -0.3 is 15.7 Å². The Bertz CT molecular complexity index is 1750. The van der Waals surface area contributed by atoms with Crippen LogP contribution in [0, 0.1) is 11.6 Å². The van der Waals surface area contributed by atoms with Crippen LogP contribution in [0.5, 0.6) is 0 Å². The molecule has 0 aliphatic rings. The SMILES string of the molecule is CCc1cccc(CNC[C@H](O)[C@H](Cc2cc(F)cc(F)c2)NC(=O)c2cccc(NS(=O)(=O)c3ccc(C(F)(F)F)cn3)c2)c1. The zero-order valence-electron chi connectivity index (χ0n) is 24.5. The number of aryl methyl sites for hydroxylation is 1. The Morgan fingerprint density at radius 3 is 2.26 bits per heavy atom. The summed E-state index contributed by atoms with van der Waals surface area (Å²) in [5, 5.41) is 16.2. The van der Waals surface area contributed by atoms with E-state index < -0.39 is 56.5 Å². The molecule has 0 fully saturated rings. The van der Waals surface area contributed by atoms with Crippen LogP contribution < -0.4 is 15.4 Å². The highest BCUT2D eigenvalue weighted by Gasteiger charge is 2.31. The molecule has 8 nitrogen and oxygen atoms in total. The summed E-state index contributed by atoms with van der Waals surface area (Å²) in [6.45, 7) is 2.45. The minimum Gasteiger partial charge on any atom is -0.390 e. The van der Waals surface area contributed by atoms with Gasteiger partial charge in [0.15, 0.2) is 5.03 Å². The average Bonchev–Trinajstić information content (AvgIpc) is 3.00. The highest BCUT2D eigenvalue weighted by molar-refractivity contribution is 7.92. The fourth-order valence-corrected chi connectivity index (χ4v) is 5.60. The lowest BCUT2D eigenvalue weighted by molar-refractivity contribution is -0.137. The minimum absolute atomic E-state index is 0.0130. The Labute approximate surface area is 262 Å². The molecule has 4 rings (SSSR count). The van der Waals surface area contributed by atoms with Gasteiger partial charge in [0.1, 0.15) is 11.6 Å². The first-order chi connectivity index (χ1) is 21.7. The molecule has 1 heterocycles. The van der Waals surface area contributed by atoms with Gasteiger partial charge in [-0.25, -0.2) is 13.8 Å². The summed E-state index contributed by atoms with van der Waals surface area (Å²) in [6, 6.07) is 16.2. The molecule has 0 aliphatic heterocycles. The van der Waals surface area contributed by atoms with Crippen LogP contribution in [0.2, 0.25) is 0 Å². The van der Waals surface area contributed by atoms with Crippen molar-refractivity contribution in [1.29, 1.82) is 0 Å². The third kappa shape index (κ3) is 9.55. The van der Waals surface area contributed by atoms with Gasteiger partial charge in [0.05, 0.1) is 17.7 Å². The van der Waals surface area contributed by atoms with Gasteiger partial charge in [0.25, 0.3) is 15.9 Å². The molecule has 0 aliphatic carbocycles. The number of aliphatic hydroxyl groups excluding tert-OH is 1. The van der Waals surface area contributed by atoms with E-state index in [1.165, 1.54) is 24.3 Å². The van der Waals surface area contributed by atoms with Crippen molar-refractivity contribution in [3.8, 4) is 0 Å². The van der Waals surface area contributed by atoms with Gasteiger partial charge in [-0.3, -0.25) is 9.52 Å². The maximum Gasteiger partial charge on any atom is 0.417 e. The molecule has 4 N–H and O–H groups in total. The first-order valence-electron chi connectivity index (χ1n) is 14.1. The molecule has 0 saturated carbocycles. The molecule has 0 unspecified atom stereocenters. The van der Waals surface area contributed by atoms with E-state index in [0.717, 1.165) is 29.7 Å². The molecule has 244 valence electrons. The lowest BCUT2D eigenvalue weighted by Crippen LogP contribution is -2.48. The monoisotopic (exact) mass is 662 g/mol. The topological polar surface area (TPSA) is 120 Å². The third-order valence-corrected chi connectivity index (χ3v) is 8.25. The predicted octanol–water partition coefficient (Wildman–Crippen LogP) is 5.23. The van der Waals surface area contributed by atoms with Gasteiger partial charge in [0, 0.05) is 36.6 Å². The van der Waals surface area contributed by atoms with Crippen LogP contribution in [-0.2, 0) is 35.6 Å². The zero-order valence-corrected chi connectivity index (χ0v) is 25.3. The van der Waals surface area contributed by atoms with Crippen molar-refractivity contribution in [1.82, 2.24) is 15.6 Å². The molecule has 4 aromatic rings. The Hall–Kier alpha value is -4.40. The first-order valence-corrected chi connectivity index (χ1v) is 15.6. The summed E-state index contributed by atoms with van der Waals surface area (Å²) in [6.07, 6.45) is -4.80. The number of hydrogen-bond acceptors (Lipinski definition) is 6. The van der Waals surface area contributed by atoms with Crippen LogP contribution in [0.25, 0.3) is 0 Å². The van der Waals surface area contributed by atoms with Crippen molar-refractivity contribution in [3.05, 3.63) is 125 Å². The second kappa shape index (κ2) is 14.8. The molecule has 1 aromatic heterocycles. The summed E-state index contributed by atoms with van der Waals surface area (Å²) in [4.78, 5) is 16.7. The highest BCUT2D eigenvalue weighted by Crippen LogP contribution is 2.29. The normalized spacial score (nSPS) is 13.2. The summed E-state index contributed by atoms with van der Waals surface area (Å²) < 4.78 is 94.0. The Morgan fingerprint density at radius 1 is 0.913 bits per heavy atom. The smallest absolute Gasteiger partial charge is 0.390 e. The maximum atomic E-state index is 13.9. The summed E-state index contributed by atoms with van der Waals surface area (Å²) in [5.41, 5.74) is 1.05. The van der Waals surface area contributed by atoms with Crippen LogP contribution in [0.3, 0.4) is 0 Å². The number of nitrogens with zero attached hydrogens (tertiary/aromatic N) is 1. The Kier molecular flexibility index (Phi) is 11.1. The van der Waals surface area contributed by atoms with Gasteiger partial charge in [0.2, 0.25) is 0 Å². The van der Waals surface area contributed by atoms with E-state index in [9.17, 15) is 40.3 Å². The van der Waals surface area contributed by atoms with Crippen LogP contribution in [0.4, 0.5) is 27.6 Å². The molecule has 0 bridgehead atoms. The number of aromatic nitrogens is 1. The van der Waals surface area contributed by atoms with Gasteiger partial charge in [-0.05, 0) is 72.0 Å². The van der Waals surface area contributed by atoms with Crippen molar-refractivity contribution < 1.29 is 40.3 Å². The molecule has 3 aromatic carbocycles. The number of sulfonamides is 1. The highest BCUT2D eigenvalue weighted by atomic mass is 32.2. The van der Waals surface area contributed by atoms with Gasteiger partial charge in [-0.1, -0.05) is 37.3 Å². The number of carbonyl (C=O) groups excluding carboxylic acids is 1. The van der Waals surface area contributed by atoms with Crippen molar-refractivity contribution in [2.45, 2.75) is 49.7 Å². The second-order valence-electron chi connectivity index (χ2n) is 10.5. The molecule has 0 radical (unpaired) electrons. The van der Waals surface area contributed by atoms with E-state index in [2.05, 4.69) is 20.3 Å².